The number of Topliss-reactive ketones (excluding diaryl/α,β-unsaturated/α-hetero) is 1. The molecule has 0 saturated carbocycles. The lowest BCUT2D eigenvalue weighted by Crippen LogP contribution is -2.43. The zero-order valence-electron chi connectivity index (χ0n) is 15.0. The number of unbranched alkanes of at least 4 members (excludes halogenated alkanes) is 3. The standard InChI is InChI=1S/C17H31NO5/c1-5-14(19)10-8-6-7-9-11-17(22)23-15(12-16(20)21)13-18(2,3)4/h15H,5-13H2,1-4H3/p+1. The van der Waals surface area contributed by atoms with Crippen molar-refractivity contribution in [1.82, 2.24) is 0 Å². The number of hydrogen-bond acceptors (Lipinski definition) is 4. The Labute approximate surface area is 139 Å². The highest BCUT2D eigenvalue weighted by Gasteiger charge is 2.24. The number of ether oxygens (including phenoxy) is 1. The Bertz CT molecular complexity index is 387. The maximum absolute atomic E-state index is 11.8. The van der Waals surface area contributed by atoms with Gasteiger partial charge in [0.2, 0.25) is 0 Å². The molecular formula is C17H32NO5+. The van der Waals surface area contributed by atoms with Gasteiger partial charge in [0.15, 0.2) is 6.10 Å². The number of rotatable bonds is 13. The molecule has 0 saturated heterocycles. The van der Waals surface area contributed by atoms with E-state index >= 15 is 0 Å². The summed E-state index contributed by atoms with van der Waals surface area (Å²) in [6.45, 7) is 2.33. The number of esters is 1. The van der Waals surface area contributed by atoms with Crippen LogP contribution >= 0.6 is 0 Å². The molecule has 1 N–H and O–H groups in total. The van der Waals surface area contributed by atoms with Crippen LogP contribution in [0.2, 0.25) is 0 Å². The van der Waals surface area contributed by atoms with Crippen molar-refractivity contribution in [1.29, 1.82) is 0 Å². The van der Waals surface area contributed by atoms with E-state index in [-0.39, 0.29) is 18.2 Å². The number of nitrogens with zero attached hydrogens (tertiary/aromatic N) is 1. The molecular weight excluding hydrogens is 298 g/mol. The molecule has 0 bridgehead atoms. The van der Waals surface area contributed by atoms with Gasteiger partial charge in [-0.1, -0.05) is 19.8 Å². The van der Waals surface area contributed by atoms with E-state index in [0.717, 1.165) is 19.3 Å². The highest BCUT2D eigenvalue weighted by atomic mass is 16.5. The molecule has 0 aromatic heterocycles. The van der Waals surface area contributed by atoms with Crippen LogP contribution in [0.25, 0.3) is 0 Å². The molecule has 6 heteroatoms. The molecule has 0 heterocycles. The lowest BCUT2D eigenvalue weighted by atomic mass is 10.1. The van der Waals surface area contributed by atoms with Crippen molar-refractivity contribution in [3.05, 3.63) is 0 Å². The van der Waals surface area contributed by atoms with Gasteiger partial charge in [0.05, 0.1) is 27.6 Å². The van der Waals surface area contributed by atoms with Crippen molar-refractivity contribution >= 4 is 17.7 Å². The van der Waals surface area contributed by atoms with Crippen LogP contribution in [0, 0.1) is 0 Å². The molecule has 0 amide bonds. The maximum atomic E-state index is 11.8. The van der Waals surface area contributed by atoms with Gasteiger partial charge >= 0.3 is 11.9 Å². The second-order valence-corrected chi connectivity index (χ2v) is 6.99. The molecule has 0 aliphatic carbocycles. The predicted octanol–water partition coefficient (Wildman–Crippen LogP) is 2.40. The van der Waals surface area contributed by atoms with Crippen LogP contribution in [0.1, 0.15) is 58.3 Å². The third-order valence-corrected chi connectivity index (χ3v) is 3.43. The minimum absolute atomic E-state index is 0.166. The van der Waals surface area contributed by atoms with Gasteiger partial charge in [-0.25, -0.2) is 0 Å². The van der Waals surface area contributed by atoms with Crippen molar-refractivity contribution in [3.8, 4) is 0 Å². The first-order valence-corrected chi connectivity index (χ1v) is 8.37. The molecule has 0 aliphatic rings. The third-order valence-electron chi connectivity index (χ3n) is 3.43. The molecule has 1 unspecified atom stereocenters. The number of ketones is 1. The van der Waals surface area contributed by atoms with E-state index in [9.17, 15) is 14.4 Å². The number of hydrogen-bond donors (Lipinski definition) is 1. The largest absolute Gasteiger partial charge is 0.481 e. The van der Waals surface area contributed by atoms with Crippen LogP contribution < -0.4 is 0 Å². The van der Waals surface area contributed by atoms with Gasteiger partial charge in [-0.15, -0.1) is 0 Å². The van der Waals surface area contributed by atoms with Crippen molar-refractivity contribution in [2.24, 2.45) is 0 Å². The molecule has 0 aromatic carbocycles. The van der Waals surface area contributed by atoms with Gasteiger partial charge in [0, 0.05) is 19.3 Å². The van der Waals surface area contributed by atoms with Crippen LogP contribution in [0.5, 0.6) is 0 Å². The van der Waals surface area contributed by atoms with Crippen LogP contribution in [0.3, 0.4) is 0 Å². The average molecular weight is 330 g/mol. The quantitative estimate of drug-likeness (QED) is 0.319. The third kappa shape index (κ3) is 13.9. The fourth-order valence-corrected chi connectivity index (χ4v) is 2.32. The summed E-state index contributed by atoms with van der Waals surface area (Å²) >= 11 is 0. The van der Waals surface area contributed by atoms with Crippen molar-refractivity contribution < 1.29 is 28.7 Å². The number of quaternary nitrogens is 1. The summed E-state index contributed by atoms with van der Waals surface area (Å²) in [5, 5.41) is 8.91. The fraction of sp³-hybridized carbons (Fsp3) is 0.824. The molecule has 0 aliphatic heterocycles. The molecule has 134 valence electrons. The van der Waals surface area contributed by atoms with Gasteiger partial charge in [-0.2, -0.15) is 0 Å². The van der Waals surface area contributed by atoms with Crippen molar-refractivity contribution in [2.45, 2.75) is 64.4 Å². The number of carboxylic acids is 1. The zero-order chi connectivity index (χ0) is 17.9. The predicted molar refractivity (Wildman–Crippen MR) is 88.0 cm³/mol. The molecule has 0 fully saturated rings. The summed E-state index contributed by atoms with van der Waals surface area (Å²) in [4.78, 5) is 33.8. The van der Waals surface area contributed by atoms with Crippen LogP contribution in [-0.2, 0) is 19.1 Å². The minimum atomic E-state index is -0.961. The Morgan fingerprint density at radius 1 is 1.00 bits per heavy atom. The lowest BCUT2D eigenvalue weighted by Gasteiger charge is -2.28. The fourth-order valence-electron chi connectivity index (χ4n) is 2.32. The molecule has 0 aromatic rings. The molecule has 1 atom stereocenters. The first-order valence-electron chi connectivity index (χ1n) is 8.37. The second-order valence-electron chi connectivity index (χ2n) is 6.99. The maximum Gasteiger partial charge on any atom is 0.307 e. The van der Waals surface area contributed by atoms with Crippen LogP contribution in [-0.4, -0.2) is 61.1 Å². The second kappa shape index (κ2) is 11.2. The Balaban J connectivity index is 3.99. The minimum Gasteiger partial charge on any atom is -0.481 e. The van der Waals surface area contributed by atoms with Crippen LogP contribution in [0.15, 0.2) is 0 Å². The molecule has 0 rings (SSSR count). The smallest absolute Gasteiger partial charge is 0.307 e. The van der Waals surface area contributed by atoms with E-state index in [4.69, 9.17) is 9.84 Å². The van der Waals surface area contributed by atoms with E-state index in [1.54, 1.807) is 0 Å². The van der Waals surface area contributed by atoms with Gasteiger partial charge < -0.3 is 14.3 Å². The van der Waals surface area contributed by atoms with E-state index < -0.39 is 12.1 Å². The van der Waals surface area contributed by atoms with E-state index in [1.165, 1.54) is 0 Å². The van der Waals surface area contributed by atoms with E-state index in [1.807, 2.05) is 28.1 Å². The van der Waals surface area contributed by atoms with E-state index in [2.05, 4.69) is 0 Å². The average Bonchev–Trinajstić information content (AvgIpc) is 2.39. The number of carbonyl (C=O) groups excluding carboxylic acids is 2. The lowest BCUT2D eigenvalue weighted by molar-refractivity contribution is -0.873. The summed E-state index contributed by atoms with van der Waals surface area (Å²) in [6.07, 6.45) is 4.13. The summed E-state index contributed by atoms with van der Waals surface area (Å²) in [7, 11) is 5.79. The van der Waals surface area contributed by atoms with Gasteiger partial charge in [-0.05, 0) is 12.8 Å². The Kier molecular flexibility index (Phi) is 10.5. The highest BCUT2D eigenvalue weighted by molar-refractivity contribution is 5.77. The van der Waals surface area contributed by atoms with Crippen molar-refractivity contribution in [2.75, 3.05) is 27.7 Å². The van der Waals surface area contributed by atoms with Gasteiger partial charge in [-0.3, -0.25) is 14.4 Å². The normalized spacial score (nSPS) is 12.7. The monoisotopic (exact) mass is 330 g/mol. The summed E-state index contributed by atoms with van der Waals surface area (Å²) in [5.74, 6) is -1.02. The SMILES string of the molecule is CCC(=O)CCCCCCC(=O)OC(CC(=O)O)C[N+](C)(C)C. The van der Waals surface area contributed by atoms with Gasteiger partial charge in [0.1, 0.15) is 12.3 Å². The summed E-state index contributed by atoms with van der Waals surface area (Å²) in [5.41, 5.74) is 0. The van der Waals surface area contributed by atoms with Gasteiger partial charge in [0.25, 0.3) is 0 Å². The molecule has 0 radical (unpaired) electrons. The first-order chi connectivity index (χ1) is 10.6. The van der Waals surface area contributed by atoms with E-state index in [0.29, 0.717) is 36.7 Å². The number of carbonyl (C=O) groups is 3. The molecule has 23 heavy (non-hydrogen) atoms. The topological polar surface area (TPSA) is 80.7 Å². The van der Waals surface area contributed by atoms with Crippen molar-refractivity contribution in [3.63, 3.8) is 0 Å². The number of likely N-dealkylation sites (N-methyl/N-ethyl adjacent to an activating group) is 1. The van der Waals surface area contributed by atoms with Crippen LogP contribution in [0.4, 0.5) is 0 Å². The number of carboxylic acid groups (broad SMARTS) is 1. The summed E-state index contributed by atoms with van der Waals surface area (Å²) in [6, 6.07) is 0. The molecule has 6 nitrogen and oxygen atoms in total. The first kappa shape index (κ1) is 21.6. The zero-order valence-corrected chi connectivity index (χ0v) is 15.0. The highest BCUT2D eigenvalue weighted by Crippen LogP contribution is 2.10. The number of aliphatic carboxylic acids is 1. The Hall–Kier alpha value is -1.43. The Morgan fingerprint density at radius 2 is 1.57 bits per heavy atom. The summed E-state index contributed by atoms with van der Waals surface area (Å²) < 4.78 is 5.85. The Morgan fingerprint density at radius 3 is 2.04 bits per heavy atom. The molecule has 0 spiro atoms.